The number of hydrogen-bond donors (Lipinski definition) is 2. The Morgan fingerprint density at radius 2 is 2.21 bits per heavy atom. The minimum atomic E-state index is -0.691. The molecule has 0 bridgehead atoms. The second kappa shape index (κ2) is 5.67. The number of aliphatic hydroxyl groups is 1. The average molecular weight is 303 g/mol. The van der Waals surface area contributed by atoms with E-state index in [0.29, 0.717) is 28.7 Å². The van der Waals surface area contributed by atoms with E-state index < -0.39 is 5.60 Å². The molecule has 1 saturated heterocycles. The van der Waals surface area contributed by atoms with E-state index in [2.05, 4.69) is 5.32 Å². The van der Waals surface area contributed by atoms with Gasteiger partial charge >= 0.3 is 0 Å². The first-order chi connectivity index (χ1) is 8.85. The molecule has 1 atom stereocenters. The summed E-state index contributed by atoms with van der Waals surface area (Å²) in [5.74, 6) is -0.129. The molecule has 0 aromatic heterocycles. The standard InChI is InChI=1S/C13H16Cl2N2O2/c1-13(19)4-5-17(8-13)7-12(18)16-9-2-3-10(14)11(15)6-9/h2-3,6,19H,4-5,7-8H2,1H3,(H,16,18). The molecule has 1 aliphatic heterocycles. The van der Waals surface area contributed by atoms with Crippen LogP contribution in [0.1, 0.15) is 13.3 Å². The first kappa shape index (κ1) is 14.6. The second-order valence-electron chi connectivity index (χ2n) is 5.13. The molecule has 1 aliphatic rings. The van der Waals surface area contributed by atoms with Gasteiger partial charge in [-0.3, -0.25) is 9.69 Å². The monoisotopic (exact) mass is 302 g/mol. The minimum Gasteiger partial charge on any atom is -0.389 e. The lowest BCUT2D eigenvalue weighted by molar-refractivity contribution is -0.117. The Hall–Kier alpha value is -0.810. The lowest BCUT2D eigenvalue weighted by Gasteiger charge is -2.18. The van der Waals surface area contributed by atoms with E-state index in [1.807, 2.05) is 4.90 Å². The number of nitrogens with one attached hydrogen (secondary N) is 1. The smallest absolute Gasteiger partial charge is 0.238 e. The van der Waals surface area contributed by atoms with Crippen LogP contribution in [0.3, 0.4) is 0 Å². The van der Waals surface area contributed by atoms with Gasteiger partial charge in [-0.15, -0.1) is 0 Å². The molecule has 104 valence electrons. The summed E-state index contributed by atoms with van der Waals surface area (Å²) in [6.45, 7) is 3.28. The number of benzene rings is 1. The Morgan fingerprint density at radius 3 is 2.79 bits per heavy atom. The summed E-state index contributed by atoms with van der Waals surface area (Å²) in [7, 11) is 0. The summed E-state index contributed by atoms with van der Waals surface area (Å²) in [6, 6.07) is 4.95. The number of carbonyl (C=O) groups is 1. The van der Waals surface area contributed by atoms with Crippen molar-refractivity contribution in [1.82, 2.24) is 4.90 Å². The van der Waals surface area contributed by atoms with Crippen LogP contribution in [-0.4, -0.2) is 41.1 Å². The number of nitrogens with zero attached hydrogens (tertiary/aromatic N) is 1. The SMILES string of the molecule is CC1(O)CCN(CC(=O)Nc2ccc(Cl)c(Cl)c2)C1. The van der Waals surface area contributed by atoms with Crippen LogP contribution in [0.25, 0.3) is 0 Å². The molecule has 1 amide bonds. The van der Waals surface area contributed by atoms with Gasteiger partial charge in [-0.25, -0.2) is 0 Å². The highest BCUT2D eigenvalue weighted by molar-refractivity contribution is 6.42. The molecular formula is C13H16Cl2N2O2. The molecule has 1 aromatic carbocycles. The van der Waals surface area contributed by atoms with E-state index in [4.69, 9.17) is 23.2 Å². The number of likely N-dealkylation sites (tertiary alicyclic amines) is 1. The topological polar surface area (TPSA) is 52.6 Å². The highest BCUT2D eigenvalue weighted by Gasteiger charge is 2.31. The summed E-state index contributed by atoms with van der Waals surface area (Å²) < 4.78 is 0. The maximum atomic E-state index is 11.9. The largest absolute Gasteiger partial charge is 0.389 e. The van der Waals surface area contributed by atoms with Crippen molar-refractivity contribution in [2.75, 3.05) is 25.0 Å². The van der Waals surface area contributed by atoms with Gasteiger partial charge in [0, 0.05) is 18.8 Å². The number of hydrogen-bond acceptors (Lipinski definition) is 3. The van der Waals surface area contributed by atoms with Gasteiger partial charge in [-0.1, -0.05) is 23.2 Å². The summed E-state index contributed by atoms with van der Waals surface area (Å²) in [5.41, 5.74) is -0.0745. The summed E-state index contributed by atoms with van der Waals surface area (Å²) >= 11 is 11.7. The van der Waals surface area contributed by atoms with Gasteiger partial charge in [0.15, 0.2) is 0 Å². The molecule has 0 spiro atoms. The van der Waals surface area contributed by atoms with Crippen molar-refractivity contribution in [1.29, 1.82) is 0 Å². The van der Waals surface area contributed by atoms with Crippen LogP contribution in [0.15, 0.2) is 18.2 Å². The number of anilines is 1. The van der Waals surface area contributed by atoms with Gasteiger partial charge < -0.3 is 10.4 Å². The van der Waals surface area contributed by atoms with Crippen LogP contribution in [0.4, 0.5) is 5.69 Å². The molecule has 0 saturated carbocycles. The molecule has 1 unspecified atom stereocenters. The van der Waals surface area contributed by atoms with E-state index >= 15 is 0 Å². The molecule has 0 aliphatic carbocycles. The van der Waals surface area contributed by atoms with Crippen LogP contribution in [0, 0.1) is 0 Å². The Morgan fingerprint density at radius 1 is 1.47 bits per heavy atom. The normalized spacial score (nSPS) is 23.6. The molecule has 1 fully saturated rings. The lowest BCUT2D eigenvalue weighted by Crippen LogP contribution is -2.35. The van der Waals surface area contributed by atoms with E-state index in [1.165, 1.54) is 0 Å². The van der Waals surface area contributed by atoms with E-state index in [-0.39, 0.29) is 12.5 Å². The first-order valence-corrected chi connectivity index (χ1v) is 6.81. The van der Waals surface area contributed by atoms with E-state index in [9.17, 15) is 9.90 Å². The fourth-order valence-electron chi connectivity index (χ4n) is 2.15. The van der Waals surface area contributed by atoms with Gasteiger partial charge in [0.25, 0.3) is 0 Å². The number of β-amino-alcohol motifs (C(OH)–C–C–N with tert-alkyl or cyclic N) is 1. The third-order valence-electron chi connectivity index (χ3n) is 3.10. The van der Waals surface area contributed by atoms with Crippen molar-refractivity contribution >= 4 is 34.8 Å². The highest BCUT2D eigenvalue weighted by atomic mass is 35.5. The van der Waals surface area contributed by atoms with Gasteiger partial charge in [-0.2, -0.15) is 0 Å². The molecule has 2 rings (SSSR count). The second-order valence-corrected chi connectivity index (χ2v) is 5.95. The quantitative estimate of drug-likeness (QED) is 0.901. The average Bonchev–Trinajstić information content (AvgIpc) is 2.63. The van der Waals surface area contributed by atoms with E-state index in [1.54, 1.807) is 25.1 Å². The number of amides is 1. The summed E-state index contributed by atoms with van der Waals surface area (Å²) in [4.78, 5) is 13.8. The highest BCUT2D eigenvalue weighted by Crippen LogP contribution is 2.25. The van der Waals surface area contributed by atoms with Crippen molar-refractivity contribution in [2.45, 2.75) is 18.9 Å². The minimum absolute atomic E-state index is 0.129. The predicted molar refractivity (Wildman–Crippen MR) is 76.8 cm³/mol. The van der Waals surface area contributed by atoms with Gasteiger partial charge in [0.05, 0.1) is 22.2 Å². The van der Waals surface area contributed by atoms with Gasteiger partial charge in [-0.05, 0) is 31.5 Å². The predicted octanol–water partition coefficient (Wildman–Crippen LogP) is 2.39. The molecule has 6 heteroatoms. The molecule has 2 N–H and O–H groups in total. The first-order valence-electron chi connectivity index (χ1n) is 6.05. The maximum absolute atomic E-state index is 11.9. The zero-order valence-electron chi connectivity index (χ0n) is 10.6. The Labute approximate surface area is 122 Å². The van der Waals surface area contributed by atoms with Crippen LogP contribution in [0.2, 0.25) is 10.0 Å². The van der Waals surface area contributed by atoms with Crippen LogP contribution in [-0.2, 0) is 4.79 Å². The molecule has 0 radical (unpaired) electrons. The van der Waals surface area contributed by atoms with Crippen molar-refractivity contribution in [3.05, 3.63) is 28.2 Å². The van der Waals surface area contributed by atoms with Crippen LogP contribution in [0.5, 0.6) is 0 Å². The Balaban J connectivity index is 1.89. The number of halogens is 2. The van der Waals surface area contributed by atoms with Gasteiger partial charge in [0.2, 0.25) is 5.91 Å². The van der Waals surface area contributed by atoms with E-state index in [0.717, 1.165) is 6.54 Å². The van der Waals surface area contributed by atoms with Crippen molar-refractivity contribution in [3.8, 4) is 0 Å². The zero-order valence-corrected chi connectivity index (χ0v) is 12.1. The molecule has 4 nitrogen and oxygen atoms in total. The summed E-state index contributed by atoms with van der Waals surface area (Å²) in [6.07, 6.45) is 0.688. The number of rotatable bonds is 3. The fraction of sp³-hybridized carbons (Fsp3) is 0.462. The Kier molecular flexibility index (Phi) is 4.36. The van der Waals surface area contributed by atoms with Gasteiger partial charge in [0.1, 0.15) is 0 Å². The zero-order chi connectivity index (χ0) is 14.0. The van der Waals surface area contributed by atoms with Crippen LogP contribution >= 0.6 is 23.2 Å². The third-order valence-corrected chi connectivity index (χ3v) is 3.84. The molecule has 19 heavy (non-hydrogen) atoms. The summed E-state index contributed by atoms with van der Waals surface area (Å²) in [5, 5.41) is 13.4. The lowest BCUT2D eigenvalue weighted by atomic mass is 10.1. The van der Waals surface area contributed by atoms with Crippen molar-refractivity contribution in [3.63, 3.8) is 0 Å². The van der Waals surface area contributed by atoms with Crippen molar-refractivity contribution in [2.24, 2.45) is 0 Å². The molecular weight excluding hydrogens is 287 g/mol. The van der Waals surface area contributed by atoms with Crippen molar-refractivity contribution < 1.29 is 9.90 Å². The maximum Gasteiger partial charge on any atom is 0.238 e. The molecule has 1 heterocycles. The Bertz CT molecular complexity index is 492. The number of carbonyl (C=O) groups excluding carboxylic acids is 1. The molecule has 1 aromatic rings. The third kappa shape index (κ3) is 4.08. The fourth-order valence-corrected chi connectivity index (χ4v) is 2.45. The van der Waals surface area contributed by atoms with Crippen LogP contribution < -0.4 is 5.32 Å².